The maximum absolute atomic E-state index is 9.92. The summed E-state index contributed by atoms with van der Waals surface area (Å²) >= 11 is 0. The number of aliphatic hydroxyl groups excluding tert-OH is 1. The number of nitrogens with zero attached hydrogens (tertiary/aromatic N) is 2. The van der Waals surface area contributed by atoms with Crippen molar-refractivity contribution in [2.45, 2.75) is 44.8 Å². The van der Waals surface area contributed by atoms with E-state index < -0.39 is 0 Å². The lowest BCUT2D eigenvalue weighted by Crippen LogP contribution is -2.28. The van der Waals surface area contributed by atoms with E-state index in [9.17, 15) is 5.11 Å². The Morgan fingerprint density at radius 1 is 1.53 bits per heavy atom. The molecule has 0 spiro atoms. The molecule has 0 saturated heterocycles. The highest BCUT2D eigenvalue weighted by Gasteiger charge is 2.18. The lowest BCUT2D eigenvalue weighted by atomic mass is 10.0. The highest BCUT2D eigenvalue weighted by Crippen LogP contribution is 2.28. The van der Waals surface area contributed by atoms with E-state index in [4.69, 9.17) is 0 Å². The average Bonchev–Trinajstić information content (AvgIpc) is 2.91. The van der Waals surface area contributed by atoms with E-state index in [2.05, 4.69) is 10.3 Å². The van der Waals surface area contributed by atoms with Crippen molar-refractivity contribution in [3.63, 3.8) is 0 Å². The third kappa shape index (κ3) is 3.82. The number of hydrogen-bond acceptors (Lipinski definition) is 3. The van der Waals surface area contributed by atoms with E-state index in [1.807, 2.05) is 17.8 Å². The smallest absolute Gasteiger partial charge is 0.122 e. The molecular formula is C13H23N3O. The number of hydrogen-bond donors (Lipinski definition) is 2. The number of nitrogens with one attached hydrogen (secondary N) is 1. The predicted octanol–water partition coefficient (Wildman–Crippen LogP) is 1.45. The van der Waals surface area contributed by atoms with Crippen molar-refractivity contribution in [2.75, 3.05) is 6.54 Å². The minimum absolute atomic E-state index is 0.210. The highest BCUT2D eigenvalue weighted by atomic mass is 16.3. The molecule has 1 heterocycles. The summed E-state index contributed by atoms with van der Waals surface area (Å²) in [7, 11) is 1.99. The lowest BCUT2D eigenvalue weighted by Gasteiger charge is -2.15. The van der Waals surface area contributed by atoms with Gasteiger partial charge in [0.2, 0.25) is 0 Å². The first-order chi connectivity index (χ1) is 8.25. The van der Waals surface area contributed by atoms with Crippen LogP contribution in [0.3, 0.4) is 0 Å². The maximum atomic E-state index is 9.92. The zero-order valence-corrected chi connectivity index (χ0v) is 10.6. The first-order valence-corrected chi connectivity index (χ1v) is 6.60. The molecule has 1 aliphatic rings. The van der Waals surface area contributed by atoms with E-state index in [1.54, 1.807) is 6.20 Å². The standard InChI is InChI=1S/C13H23N3O/c1-16-7-6-15-13(16)10-14-9-12(17)8-11-4-2-3-5-11/h6-7,11-12,14,17H,2-5,8-10H2,1H3. The summed E-state index contributed by atoms with van der Waals surface area (Å²) in [6.07, 6.45) is 9.77. The van der Waals surface area contributed by atoms with Gasteiger partial charge in [-0.25, -0.2) is 4.98 Å². The zero-order valence-electron chi connectivity index (χ0n) is 10.6. The normalized spacial score (nSPS) is 18.7. The van der Waals surface area contributed by atoms with Crippen LogP contribution < -0.4 is 5.32 Å². The van der Waals surface area contributed by atoms with Gasteiger partial charge in [0.25, 0.3) is 0 Å². The molecule has 1 saturated carbocycles. The van der Waals surface area contributed by atoms with Gasteiger partial charge in [-0.15, -0.1) is 0 Å². The van der Waals surface area contributed by atoms with Crippen molar-refractivity contribution in [1.82, 2.24) is 14.9 Å². The summed E-state index contributed by atoms with van der Waals surface area (Å²) in [5.74, 6) is 1.76. The van der Waals surface area contributed by atoms with Gasteiger partial charge in [-0.2, -0.15) is 0 Å². The zero-order chi connectivity index (χ0) is 12.1. The van der Waals surface area contributed by atoms with Crippen LogP contribution in [0.1, 0.15) is 37.9 Å². The number of aryl methyl sites for hydroxylation is 1. The Balaban J connectivity index is 1.62. The average molecular weight is 237 g/mol. The molecule has 1 aromatic heterocycles. The number of rotatable bonds is 6. The van der Waals surface area contributed by atoms with E-state index in [-0.39, 0.29) is 6.10 Å². The molecule has 0 aromatic carbocycles. The Kier molecular flexibility index (Phi) is 4.57. The summed E-state index contributed by atoms with van der Waals surface area (Å²) in [6, 6.07) is 0. The quantitative estimate of drug-likeness (QED) is 0.787. The van der Waals surface area contributed by atoms with Gasteiger partial charge in [-0.3, -0.25) is 0 Å². The van der Waals surface area contributed by atoms with Gasteiger partial charge < -0.3 is 15.0 Å². The number of aliphatic hydroxyl groups is 1. The van der Waals surface area contributed by atoms with Gasteiger partial charge in [-0.1, -0.05) is 25.7 Å². The van der Waals surface area contributed by atoms with E-state index >= 15 is 0 Å². The van der Waals surface area contributed by atoms with Gasteiger partial charge in [0.05, 0.1) is 12.6 Å². The highest BCUT2D eigenvalue weighted by molar-refractivity contribution is 4.90. The summed E-state index contributed by atoms with van der Waals surface area (Å²) in [5, 5.41) is 13.2. The molecular weight excluding hydrogens is 214 g/mol. The Bertz CT molecular complexity index is 331. The van der Waals surface area contributed by atoms with Gasteiger partial charge in [-0.05, 0) is 12.3 Å². The SMILES string of the molecule is Cn1ccnc1CNCC(O)CC1CCCC1. The Hall–Kier alpha value is -0.870. The van der Waals surface area contributed by atoms with E-state index in [0.29, 0.717) is 6.54 Å². The van der Waals surface area contributed by atoms with Crippen LogP contribution in [0.25, 0.3) is 0 Å². The molecule has 1 aliphatic carbocycles. The molecule has 2 rings (SSSR count). The fourth-order valence-electron chi connectivity index (χ4n) is 2.63. The fraction of sp³-hybridized carbons (Fsp3) is 0.769. The van der Waals surface area contributed by atoms with Gasteiger partial charge in [0, 0.05) is 26.0 Å². The van der Waals surface area contributed by atoms with Crippen LogP contribution >= 0.6 is 0 Å². The summed E-state index contributed by atoms with van der Waals surface area (Å²) in [4.78, 5) is 4.23. The molecule has 0 amide bonds. The van der Waals surface area contributed by atoms with Crippen molar-refractivity contribution in [2.24, 2.45) is 13.0 Å². The van der Waals surface area contributed by atoms with Crippen LogP contribution in [-0.4, -0.2) is 27.3 Å². The second kappa shape index (κ2) is 6.17. The summed E-state index contributed by atoms with van der Waals surface area (Å²) < 4.78 is 2.00. The van der Waals surface area contributed by atoms with Crippen LogP contribution in [0.15, 0.2) is 12.4 Å². The molecule has 96 valence electrons. The second-order valence-corrected chi connectivity index (χ2v) is 5.13. The van der Waals surface area contributed by atoms with Gasteiger partial charge in [0.15, 0.2) is 0 Å². The summed E-state index contributed by atoms with van der Waals surface area (Å²) in [5.41, 5.74) is 0. The molecule has 1 unspecified atom stereocenters. The third-order valence-electron chi connectivity index (χ3n) is 3.66. The minimum Gasteiger partial charge on any atom is -0.392 e. The maximum Gasteiger partial charge on any atom is 0.122 e. The van der Waals surface area contributed by atoms with Gasteiger partial charge >= 0.3 is 0 Å². The number of imidazole rings is 1. The lowest BCUT2D eigenvalue weighted by molar-refractivity contribution is 0.140. The molecule has 17 heavy (non-hydrogen) atoms. The van der Waals surface area contributed by atoms with Crippen molar-refractivity contribution in [1.29, 1.82) is 0 Å². The number of aromatic nitrogens is 2. The molecule has 1 aromatic rings. The second-order valence-electron chi connectivity index (χ2n) is 5.13. The first kappa shape index (κ1) is 12.6. The van der Waals surface area contributed by atoms with Crippen LogP contribution in [0.5, 0.6) is 0 Å². The van der Waals surface area contributed by atoms with Crippen molar-refractivity contribution < 1.29 is 5.11 Å². The molecule has 4 heteroatoms. The third-order valence-corrected chi connectivity index (χ3v) is 3.66. The Morgan fingerprint density at radius 3 is 2.94 bits per heavy atom. The van der Waals surface area contributed by atoms with Crippen LogP contribution in [0.2, 0.25) is 0 Å². The van der Waals surface area contributed by atoms with Crippen molar-refractivity contribution in [3.05, 3.63) is 18.2 Å². The Labute approximate surface area is 103 Å². The van der Waals surface area contributed by atoms with Crippen LogP contribution in [0, 0.1) is 5.92 Å². The monoisotopic (exact) mass is 237 g/mol. The van der Waals surface area contributed by atoms with Crippen molar-refractivity contribution >= 4 is 0 Å². The van der Waals surface area contributed by atoms with Crippen molar-refractivity contribution in [3.8, 4) is 0 Å². The van der Waals surface area contributed by atoms with E-state index in [0.717, 1.165) is 24.7 Å². The van der Waals surface area contributed by atoms with Gasteiger partial charge in [0.1, 0.15) is 5.82 Å². The summed E-state index contributed by atoms with van der Waals surface area (Å²) in [6.45, 7) is 1.40. The molecule has 4 nitrogen and oxygen atoms in total. The Morgan fingerprint density at radius 2 is 2.29 bits per heavy atom. The molecule has 0 bridgehead atoms. The van der Waals surface area contributed by atoms with Crippen LogP contribution in [0.4, 0.5) is 0 Å². The first-order valence-electron chi connectivity index (χ1n) is 6.60. The predicted molar refractivity (Wildman–Crippen MR) is 67.5 cm³/mol. The molecule has 1 fully saturated rings. The molecule has 2 N–H and O–H groups in total. The fourth-order valence-corrected chi connectivity index (χ4v) is 2.63. The molecule has 0 radical (unpaired) electrons. The van der Waals surface area contributed by atoms with Crippen LogP contribution in [-0.2, 0) is 13.6 Å². The largest absolute Gasteiger partial charge is 0.392 e. The topological polar surface area (TPSA) is 50.1 Å². The molecule has 0 aliphatic heterocycles. The van der Waals surface area contributed by atoms with E-state index in [1.165, 1.54) is 25.7 Å². The minimum atomic E-state index is -0.210. The molecule has 1 atom stereocenters.